The molecule has 1 aliphatic rings. The van der Waals surface area contributed by atoms with Crippen molar-refractivity contribution in [3.05, 3.63) is 11.6 Å². The van der Waals surface area contributed by atoms with Crippen LogP contribution in [0, 0.1) is 0 Å². The first kappa shape index (κ1) is 8.69. The largest absolute Gasteiger partial charge is 0.394 e. The smallest absolute Gasteiger partial charge is 0.150 e. The average molecular weight is 181 g/mol. The van der Waals surface area contributed by atoms with Crippen LogP contribution in [0.15, 0.2) is 0 Å². The molecule has 0 amide bonds. The predicted molar refractivity (Wildman–Crippen MR) is 48.5 cm³/mol. The van der Waals surface area contributed by atoms with Gasteiger partial charge < -0.3 is 5.11 Å². The second-order valence-corrected chi connectivity index (χ2v) is 3.47. The average Bonchev–Trinajstić information content (AvgIpc) is 2.59. The summed E-state index contributed by atoms with van der Waals surface area (Å²) >= 11 is 0. The number of fused-ring (bicyclic) bond motifs is 1. The van der Waals surface area contributed by atoms with Gasteiger partial charge in [-0.25, -0.2) is 9.67 Å². The van der Waals surface area contributed by atoms with E-state index in [-0.39, 0.29) is 12.6 Å². The van der Waals surface area contributed by atoms with Crippen LogP contribution in [-0.2, 0) is 12.8 Å². The fourth-order valence-electron chi connectivity index (χ4n) is 1.80. The van der Waals surface area contributed by atoms with E-state index in [1.165, 1.54) is 0 Å². The van der Waals surface area contributed by atoms with Crippen molar-refractivity contribution in [2.45, 2.75) is 38.6 Å². The van der Waals surface area contributed by atoms with Gasteiger partial charge in [-0.05, 0) is 12.8 Å². The van der Waals surface area contributed by atoms with E-state index in [0.717, 1.165) is 37.3 Å². The Bertz CT molecular complexity index is 295. The van der Waals surface area contributed by atoms with Crippen molar-refractivity contribution >= 4 is 0 Å². The molecule has 1 atom stereocenters. The van der Waals surface area contributed by atoms with Crippen LogP contribution in [0.25, 0.3) is 0 Å². The molecule has 1 aromatic heterocycles. The third-order valence-corrected chi connectivity index (χ3v) is 2.56. The normalized spacial score (nSPS) is 21.5. The number of aromatic nitrogens is 3. The third-order valence-electron chi connectivity index (χ3n) is 2.56. The van der Waals surface area contributed by atoms with Crippen molar-refractivity contribution in [1.82, 2.24) is 14.8 Å². The fraction of sp³-hybridized carbons (Fsp3) is 0.778. The molecule has 72 valence electrons. The topological polar surface area (TPSA) is 50.9 Å². The van der Waals surface area contributed by atoms with E-state index in [1.54, 1.807) is 0 Å². The highest BCUT2D eigenvalue weighted by atomic mass is 16.3. The lowest BCUT2D eigenvalue weighted by atomic mass is 10.1. The first-order valence-electron chi connectivity index (χ1n) is 4.90. The maximum atomic E-state index is 9.13. The molecule has 4 heteroatoms. The van der Waals surface area contributed by atoms with Crippen LogP contribution in [0.3, 0.4) is 0 Å². The summed E-state index contributed by atoms with van der Waals surface area (Å²) < 4.78 is 1.91. The molecule has 0 fully saturated rings. The second-order valence-electron chi connectivity index (χ2n) is 3.47. The molecule has 4 nitrogen and oxygen atoms in total. The Hall–Kier alpha value is -0.900. The van der Waals surface area contributed by atoms with Gasteiger partial charge in [-0.3, -0.25) is 0 Å². The Morgan fingerprint density at radius 1 is 1.62 bits per heavy atom. The Morgan fingerprint density at radius 3 is 3.15 bits per heavy atom. The molecule has 2 rings (SSSR count). The van der Waals surface area contributed by atoms with Gasteiger partial charge >= 0.3 is 0 Å². The standard InChI is InChI=1S/C9H15N3O/c1-2-8-10-9-5-3-4-7(6-13)12(9)11-8/h7,13H,2-6H2,1H3. The van der Waals surface area contributed by atoms with Crippen LogP contribution >= 0.6 is 0 Å². The summed E-state index contributed by atoms with van der Waals surface area (Å²) in [5.74, 6) is 1.94. The van der Waals surface area contributed by atoms with Crippen LogP contribution in [0.1, 0.15) is 37.5 Å². The third kappa shape index (κ3) is 1.46. The number of aryl methyl sites for hydroxylation is 2. The molecule has 0 radical (unpaired) electrons. The van der Waals surface area contributed by atoms with Crippen molar-refractivity contribution in [1.29, 1.82) is 0 Å². The zero-order valence-electron chi connectivity index (χ0n) is 7.90. The molecule has 1 aromatic rings. The fourth-order valence-corrected chi connectivity index (χ4v) is 1.80. The minimum absolute atomic E-state index is 0.163. The van der Waals surface area contributed by atoms with E-state index >= 15 is 0 Å². The highest BCUT2D eigenvalue weighted by Gasteiger charge is 2.21. The molecule has 1 N–H and O–H groups in total. The lowest BCUT2D eigenvalue weighted by molar-refractivity contribution is 0.194. The summed E-state index contributed by atoms with van der Waals surface area (Å²) in [5, 5.41) is 13.5. The summed E-state index contributed by atoms with van der Waals surface area (Å²) in [6.45, 7) is 2.23. The number of aliphatic hydroxyl groups is 1. The highest BCUT2D eigenvalue weighted by Crippen LogP contribution is 2.22. The molecule has 0 aliphatic carbocycles. The van der Waals surface area contributed by atoms with E-state index in [9.17, 15) is 0 Å². The van der Waals surface area contributed by atoms with E-state index < -0.39 is 0 Å². The summed E-state index contributed by atoms with van der Waals surface area (Å²) in [6.07, 6.45) is 4.02. The van der Waals surface area contributed by atoms with Gasteiger partial charge in [-0.1, -0.05) is 6.92 Å². The van der Waals surface area contributed by atoms with Crippen molar-refractivity contribution in [2.24, 2.45) is 0 Å². The molecule has 1 unspecified atom stereocenters. The summed E-state index contributed by atoms with van der Waals surface area (Å²) in [4.78, 5) is 4.41. The number of aliphatic hydroxyl groups excluding tert-OH is 1. The lowest BCUT2D eigenvalue weighted by Crippen LogP contribution is -2.21. The number of hydrogen-bond donors (Lipinski definition) is 1. The van der Waals surface area contributed by atoms with Gasteiger partial charge in [0.2, 0.25) is 0 Å². The Labute approximate surface area is 77.6 Å². The molecule has 13 heavy (non-hydrogen) atoms. The zero-order chi connectivity index (χ0) is 9.26. The van der Waals surface area contributed by atoms with Gasteiger partial charge in [0.15, 0.2) is 5.82 Å². The SMILES string of the molecule is CCc1nc2n(n1)C(CO)CCC2. The van der Waals surface area contributed by atoms with Crippen LogP contribution in [0.2, 0.25) is 0 Å². The first-order valence-corrected chi connectivity index (χ1v) is 4.90. The molecule has 1 aliphatic heterocycles. The monoisotopic (exact) mass is 181 g/mol. The van der Waals surface area contributed by atoms with Crippen molar-refractivity contribution < 1.29 is 5.11 Å². The van der Waals surface area contributed by atoms with E-state index in [1.807, 2.05) is 4.68 Å². The summed E-state index contributed by atoms with van der Waals surface area (Å²) in [5.41, 5.74) is 0. The Morgan fingerprint density at radius 2 is 2.46 bits per heavy atom. The van der Waals surface area contributed by atoms with Gasteiger partial charge in [-0.2, -0.15) is 5.10 Å². The van der Waals surface area contributed by atoms with E-state index in [0.29, 0.717) is 0 Å². The summed E-state index contributed by atoms with van der Waals surface area (Å²) in [7, 11) is 0. The lowest BCUT2D eigenvalue weighted by Gasteiger charge is -2.20. The predicted octanol–water partition coefficient (Wildman–Crippen LogP) is 0.710. The van der Waals surface area contributed by atoms with Crippen LogP contribution in [-0.4, -0.2) is 26.5 Å². The van der Waals surface area contributed by atoms with E-state index in [4.69, 9.17) is 5.11 Å². The van der Waals surface area contributed by atoms with Gasteiger partial charge in [0.05, 0.1) is 12.6 Å². The van der Waals surface area contributed by atoms with Crippen LogP contribution < -0.4 is 0 Å². The quantitative estimate of drug-likeness (QED) is 0.731. The zero-order valence-corrected chi connectivity index (χ0v) is 7.90. The molecule has 0 spiro atoms. The van der Waals surface area contributed by atoms with Gasteiger partial charge in [0.1, 0.15) is 5.82 Å². The van der Waals surface area contributed by atoms with E-state index in [2.05, 4.69) is 17.0 Å². The molecular weight excluding hydrogens is 166 g/mol. The molecule has 0 saturated carbocycles. The molecule has 0 bridgehead atoms. The second kappa shape index (κ2) is 3.46. The minimum Gasteiger partial charge on any atom is -0.394 e. The Balaban J connectivity index is 2.32. The highest BCUT2D eigenvalue weighted by molar-refractivity contribution is 4.98. The summed E-state index contributed by atoms with van der Waals surface area (Å²) in [6, 6.07) is 0.163. The molecule has 0 aromatic carbocycles. The van der Waals surface area contributed by atoms with Gasteiger partial charge in [-0.15, -0.1) is 0 Å². The van der Waals surface area contributed by atoms with Crippen LogP contribution in [0.4, 0.5) is 0 Å². The maximum Gasteiger partial charge on any atom is 0.150 e. The van der Waals surface area contributed by atoms with Gasteiger partial charge in [0.25, 0.3) is 0 Å². The maximum absolute atomic E-state index is 9.13. The van der Waals surface area contributed by atoms with Crippen LogP contribution in [0.5, 0.6) is 0 Å². The molecular formula is C9H15N3O. The van der Waals surface area contributed by atoms with Gasteiger partial charge in [0, 0.05) is 12.8 Å². The molecule has 2 heterocycles. The van der Waals surface area contributed by atoms with Crippen molar-refractivity contribution in [3.63, 3.8) is 0 Å². The minimum atomic E-state index is 0.163. The number of hydrogen-bond acceptors (Lipinski definition) is 3. The number of rotatable bonds is 2. The Kier molecular flexibility index (Phi) is 2.31. The number of nitrogens with zero attached hydrogens (tertiary/aromatic N) is 3. The molecule has 0 saturated heterocycles. The van der Waals surface area contributed by atoms with Crippen molar-refractivity contribution in [3.8, 4) is 0 Å². The first-order chi connectivity index (χ1) is 6.35. The van der Waals surface area contributed by atoms with Crippen molar-refractivity contribution in [2.75, 3.05) is 6.61 Å².